The summed E-state index contributed by atoms with van der Waals surface area (Å²) in [5, 5.41) is 12.0. The molecule has 0 bridgehead atoms. The molecule has 0 saturated carbocycles. The molecular weight excluding hydrogens is 351 g/mol. The predicted molar refractivity (Wildman–Crippen MR) is 89.2 cm³/mol. The second-order valence-corrected chi connectivity index (χ2v) is 6.25. The zero-order valence-corrected chi connectivity index (χ0v) is 14.3. The van der Waals surface area contributed by atoms with Crippen LogP contribution < -0.4 is 5.32 Å². The van der Waals surface area contributed by atoms with Gasteiger partial charge in [0.2, 0.25) is 5.91 Å². The molecule has 0 aliphatic heterocycles. The largest absolute Gasteiger partial charge is 0.416 e. The van der Waals surface area contributed by atoms with Crippen LogP contribution in [0.3, 0.4) is 0 Å². The quantitative estimate of drug-likeness (QED) is 0.820. The number of halogens is 3. The molecule has 25 heavy (non-hydrogen) atoms. The molecule has 1 heterocycles. The van der Waals surface area contributed by atoms with Crippen molar-refractivity contribution in [2.45, 2.75) is 25.0 Å². The molecule has 2 rings (SSSR count). The van der Waals surface area contributed by atoms with Crippen molar-refractivity contribution in [2.75, 3.05) is 11.1 Å². The molecule has 0 atom stereocenters. The smallest absolute Gasteiger partial charge is 0.325 e. The number of rotatable bonds is 4. The highest BCUT2D eigenvalue weighted by Crippen LogP contribution is 2.30. The Morgan fingerprint density at radius 2 is 2.04 bits per heavy atom. The maximum atomic E-state index is 12.7. The molecule has 0 fully saturated rings. The maximum absolute atomic E-state index is 12.7. The number of thioether (sulfide) groups is 1. The number of hydrogen-bond donors (Lipinski definition) is 1. The highest BCUT2D eigenvalue weighted by molar-refractivity contribution is 8.00. The maximum Gasteiger partial charge on any atom is 0.416 e. The van der Waals surface area contributed by atoms with Gasteiger partial charge >= 0.3 is 6.18 Å². The topological polar surface area (TPSA) is 65.8 Å². The van der Waals surface area contributed by atoms with Crippen LogP contribution in [0.2, 0.25) is 0 Å². The minimum absolute atomic E-state index is 0.0642. The molecule has 0 aliphatic carbocycles. The van der Waals surface area contributed by atoms with Crippen LogP contribution >= 0.6 is 11.8 Å². The first-order chi connectivity index (χ1) is 11.7. The molecule has 1 amide bonds. The van der Waals surface area contributed by atoms with E-state index in [0.717, 1.165) is 35.2 Å². The molecule has 0 aliphatic rings. The lowest BCUT2D eigenvalue weighted by molar-refractivity contribution is -0.137. The zero-order valence-electron chi connectivity index (χ0n) is 13.4. The van der Waals surface area contributed by atoms with E-state index in [-0.39, 0.29) is 11.4 Å². The van der Waals surface area contributed by atoms with Crippen LogP contribution in [0.4, 0.5) is 18.9 Å². The summed E-state index contributed by atoms with van der Waals surface area (Å²) in [6.45, 7) is 3.56. The Bertz CT molecular complexity index is 844. The Labute approximate surface area is 147 Å². The van der Waals surface area contributed by atoms with Crippen molar-refractivity contribution in [3.8, 4) is 6.07 Å². The molecule has 8 heteroatoms. The summed E-state index contributed by atoms with van der Waals surface area (Å²) in [7, 11) is 0. The number of aromatic nitrogens is 1. The Balaban J connectivity index is 2.06. The average Bonchev–Trinajstić information content (AvgIpc) is 2.52. The van der Waals surface area contributed by atoms with E-state index in [4.69, 9.17) is 0 Å². The van der Waals surface area contributed by atoms with E-state index >= 15 is 0 Å². The van der Waals surface area contributed by atoms with Gasteiger partial charge < -0.3 is 5.32 Å². The normalized spacial score (nSPS) is 11.0. The predicted octanol–water partition coefficient (Wildman–Crippen LogP) is 4.32. The fraction of sp³-hybridized carbons (Fsp3) is 0.235. The van der Waals surface area contributed by atoms with Gasteiger partial charge in [-0.1, -0.05) is 17.8 Å². The van der Waals surface area contributed by atoms with E-state index < -0.39 is 17.6 Å². The highest BCUT2D eigenvalue weighted by Gasteiger charge is 2.30. The first kappa shape index (κ1) is 18.8. The standard InChI is InChI=1S/C17H14F3N3OS/c1-10-6-11(2)22-16(14(10)8-21)25-9-15(24)23-13-5-3-4-12(7-13)17(18,19)20/h3-7H,9H2,1-2H3,(H,23,24). The van der Waals surface area contributed by atoms with Crippen molar-refractivity contribution in [2.24, 2.45) is 0 Å². The van der Waals surface area contributed by atoms with Crippen molar-refractivity contribution in [3.63, 3.8) is 0 Å². The molecule has 0 saturated heterocycles. The van der Waals surface area contributed by atoms with Crippen molar-refractivity contribution < 1.29 is 18.0 Å². The number of benzene rings is 1. The number of nitrogens with one attached hydrogen (secondary N) is 1. The van der Waals surface area contributed by atoms with Gasteiger partial charge in [0.15, 0.2) is 0 Å². The number of carbonyl (C=O) groups excluding carboxylic acids is 1. The average molecular weight is 365 g/mol. The van der Waals surface area contributed by atoms with Crippen molar-refractivity contribution in [3.05, 3.63) is 52.7 Å². The lowest BCUT2D eigenvalue weighted by Crippen LogP contribution is -2.15. The Kier molecular flexibility index (Phi) is 5.69. The van der Waals surface area contributed by atoms with E-state index in [2.05, 4.69) is 10.3 Å². The molecule has 0 unspecified atom stereocenters. The van der Waals surface area contributed by atoms with Crippen molar-refractivity contribution in [1.82, 2.24) is 4.98 Å². The van der Waals surface area contributed by atoms with Crippen LogP contribution in [0, 0.1) is 25.2 Å². The van der Waals surface area contributed by atoms with Gasteiger partial charge in [0, 0.05) is 11.4 Å². The second kappa shape index (κ2) is 7.57. The molecule has 1 aromatic heterocycles. The molecule has 1 aromatic carbocycles. The lowest BCUT2D eigenvalue weighted by Gasteiger charge is -2.10. The van der Waals surface area contributed by atoms with E-state index in [1.165, 1.54) is 12.1 Å². The minimum atomic E-state index is -4.47. The molecule has 2 aromatic rings. The number of pyridine rings is 1. The monoisotopic (exact) mass is 365 g/mol. The highest BCUT2D eigenvalue weighted by atomic mass is 32.2. The third kappa shape index (κ3) is 4.97. The molecular formula is C17H14F3N3OS. The second-order valence-electron chi connectivity index (χ2n) is 5.29. The molecule has 0 spiro atoms. The van der Waals surface area contributed by atoms with Gasteiger partial charge in [-0.05, 0) is 43.7 Å². The molecule has 130 valence electrons. The third-order valence-corrected chi connectivity index (χ3v) is 4.21. The van der Waals surface area contributed by atoms with Crippen LogP contribution in [-0.2, 0) is 11.0 Å². The van der Waals surface area contributed by atoms with E-state index in [1.54, 1.807) is 19.9 Å². The lowest BCUT2D eigenvalue weighted by atomic mass is 10.1. The van der Waals surface area contributed by atoms with E-state index in [1.807, 2.05) is 6.07 Å². The van der Waals surface area contributed by atoms with Gasteiger partial charge in [0.1, 0.15) is 11.1 Å². The van der Waals surface area contributed by atoms with Crippen LogP contribution in [0.5, 0.6) is 0 Å². The Morgan fingerprint density at radius 3 is 2.68 bits per heavy atom. The Hall–Kier alpha value is -2.53. The molecule has 1 N–H and O–H groups in total. The minimum Gasteiger partial charge on any atom is -0.325 e. The fourth-order valence-electron chi connectivity index (χ4n) is 2.15. The summed E-state index contributed by atoms with van der Waals surface area (Å²) in [6, 6.07) is 8.23. The summed E-state index contributed by atoms with van der Waals surface area (Å²) < 4.78 is 38.0. The van der Waals surface area contributed by atoms with Crippen LogP contribution in [-0.4, -0.2) is 16.6 Å². The van der Waals surface area contributed by atoms with Crippen molar-refractivity contribution >= 4 is 23.4 Å². The summed E-state index contributed by atoms with van der Waals surface area (Å²) in [5.74, 6) is -0.546. The van der Waals surface area contributed by atoms with E-state index in [9.17, 15) is 23.2 Å². The number of anilines is 1. The third-order valence-electron chi connectivity index (χ3n) is 3.24. The van der Waals surface area contributed by atoms with Gasteiger partial charge in [0.05, 0.1) is 16.9 Å². The zero-order chi connectivity index (χ0) is 18.6. The molecule has 4 nitrogen and oxygen atoms in total. The van der Waals surface area contributed by atoms with E-state index in [0.29, 0.717) is 10.6 Å². The number of carbonyl (C=O) groups is 1. The first-order valence-corrected chi connectivity index (χ1v) is 8.17. The van der Waals surface area contributed by atoms with Gasteiger partial charge in [-0.15, -0.1) is 0 Å². The number of alkyl halides is 3. The summed E-state index contributed by atoms with van der Waals surface area (Å²) in [5.41, 5.74) is 1.10. The van der Waals surface area contributed by atoms with Gasteiger partial charge in [-0.3, -0.25) is 4.79 Å². The SMILES string of the molecule is Cc1cc(C)c(C#N)c(SCC(=O)Nc2cccc(C(F)(F)F)c2)n1. The van der Waals surface area contributed by atoms with Crippen LogP contribution in [0.25, 0.3) is 0 Å². The summed E-state index contributed by atoms with van der Waals surface area (Å²) in [6.07, 6.45) is -4.47. The first-order valence-electron chi connectivity index (χ1n) is 7.19. The number of nitrogens with zero attached hydrogens (tertiary/aromatic N) is 2. The Morgan fingerprint density at radius 1 is 1.32 bits per heavy atom. The van der Waals surface area contributed by atoms with Crippen LogP contribution in [0.1, 0.15) is 22.4 Å². The molecule has 0 radical (unpaired) electrons. The fourth-order valence-corrected chi connectivity index (χ4v) is 3.05. The van der Waals surface area contributed by atoms with Gasteiger partial charge in [-0.25, -0.2) is 4.98 Å². The number of aryl methyl sites for hydroxylation is 2. The van der Waals surface area contributed by atoms with Gasteiger partial charge in [-0.2, -0.15) is 18.4 Å². The van der Waals surface area contributed by atoms with Gasteiger partial charge in [0.25, 0.3) is 0 Å². The number of hydrogen-bond acceptors (Lipinski definition) is 4. The number of nitriles is 1. The number of amides is 1. The van der Waals surface area contributed by atoms with Crippen LogP contribution in [0.15, 0.2) is 35.4 Å². The van der Waals surface area contributed by atoms with Crippen molar-refractivity contribution in [1.29, 1.82) is 5.26 Å². The summed E-state index contributed by atoms with van der Waals surface area (Å²) in [4.78, 5) is 16.2. The summed E-state index contributed by atoms with van der Waals surface area (Å²) >= 11 is 1.07.